The van der Waals surface area contributed by atoms with Gasteiger partial charge >= 0.3 is 0 Å². The molecule has 1 atom stereocenters. The average molecular weight is 389 g/mol. The lowest BCUT2D eigenvalue weighted by atomic mass is 10.0. The lowest BCUT2D eigenvalue weighted by molar-refractivity contribution is -0.126. The number of carbonyl (C=O) groups is 1. The largest absolute Gasteiger partial charge is 0.497 e. The third-order valence-electron chi connectivity index (χ3n) is 5.20. The van der Waals surface area contributed by atoms with Gasteiger partial charge in [-0.25, -0.2) is 4.98 Å². The second kappa shape index (κ2) is 8.31. The van der Waals surface area contributed by atoms with E-state index in [-0.39, 0.29) is 11.9 Å². The lowest BCUT2D eigenvalue weighted by Gasteiger charge is -2.25. The number of carbonyl (C=O) groups excluding carboxylic acids is 1. The molecule has 6 nitrogen and oxygen atoms in total. The van der Waals surface area contributed by atoms with Crippen LogP contribution in [0.3, 0.4) is 0 Å². The SMILES string of the molecule is COc1ccc(OC)c(C2CCCN2C(=O)/C=C/c2cnc3ccccc3n2)c1. The molecule has 1 unspecified atom stereocenters. The van der Waals surface area contributed by atoms with E-state index in [0.717, 1.165) is 40.9 Å². The van der Waals surface area contributed by atoms with Gasteiger partial charge in [-0.3, -0.25) is 9.78 Å². The van der Waals surface area contributed by atoms with Crippen molar-refractivity contribution >= 4 is 23.0 Å². The Morgan fingerprint density at radius 1 is 1.14 bits per heavy atom. The zero-order valence-corrected chi connectivity index (χ0v) is 16.5. The number of benzene rings is 2. The second-order valence-electron chi connectivity index (χ2n) is 6.91. The molecule has 1 fully saturated rings. The highest BCUT2D eigenvalue weighted by Crippen LogP contribution is 2.39. The number of amides is 1. The molecule has 1 aliphatic heterocycles. The van der Waals surface area contributed by atoms with E-state index in [0.29, 0.717) is 12.2 Å². The number of para-hydroxylation sites is 2. The number of methoxy groups -OCH3 is 2. The van der Waals surface area contributed by atoms with Gasteiger partial charge in [0.2, 0.25) is 5.91 Å². The first-order chi connectivity index (χ1) is 14.2. The summed E-state index contributed by atoms with van der Waals surface area (Å²) in [7, 11) is 3.28. The number of likely N-dealkylation sites (tertiary alicyclic amines) is 1. The van der Waals surface area contributed by atoms with Crippen molar-refractivity contribution in [2.75, 3.05) is 20.8 Å². The predicted octanol–water partition coefficient (Wildman–Crippen LogP) is 4.02. The van der Waals surface area contributed by atoms with E-state index in [2.05, 4.69) is 9.97 Å². The molecule has 2 heterocycles. The Morgan fingerprint density at radius 2 is 1.97 bits per heavy atom. The van der Waals surface area contributed by atoms with Crippen molar-refractivity contribution in [2.45, 2.75) is 18.9 Å². The molecule has 3 aromatic rings. The summed E-state index contributed by atoms with van der Waals surface area (Å²) in [5.74, 6) is 1.47. The van der Waals surface area contributed by atoms with Crippen molar-refractivity contribution < 1.29 is 14.3 Å². The van der Waals surface area contributed by atoms with Crippen molar-refractivity contribution in [1.29, 1.82) is 0 Å². The van der Waals surface area contributed by atoms with Crippen molar-refractivity contribution in [3.05, 3.63) is 66.0 Å². The van der Waals surface area contributed by atoms with Crippen LogP contribution in [0.25, 0.3) is 17.1 Å². The molecule has 0 bridgehead atoms. The molecule has 1 aromatic heterocycles. The lowest BCUT2D eigenvalue weighted by Crippen LogP contribution is -2.29. The maximum Gasteiger partial charge on any atom is 0.247 e. The first kappa shape index (κ1) is 18.9. The first-order valence-electron chi connectivity index (χ1n) is 9.62. The molecule has 1 saturated heterocycles. The van der Waals surface area contributed by atoms with E-state index in [4.69, 9.17) is 9.47 Å². The Labute approximate surface area is 169 Å². The van der Waals surface area contributed by atoms with Gasteiger partial charge in [-0.15, -0.1) is 0 Å². The van der Waals surface area contributed by atoms with Crippen LogP contribution < -0.4 is 9.47 Å². The number of hydrogen-bond donors (Lipinski definition) is 0. The molecule has 1 aliphatic rings. The fourth-order valence-electron chi connectivity index (χ4n) is 3.76. The van der Waals surface area contributed by atoms with E-state index < -0.39 is 0 Å². The summed E-state index contributed by atoms with van der Waals surface area (Å²) in [6.45, 7) is 0.706. The molecule has 148 valence electrons. The number of nitrogens with zero attached hydrogens (tertiary/aromatic N) is 3. The van der Waals surface area contributed by atoms with Gasteiger partial charge in [0.05, 0.1) is 43.2 Å². The van der Waals surface area contributed by atoms with Crippen molar-refractivity contribution in [3.8, 4) is 11.5 Å². The fourth-order valence-corrected chi connectivity index (χ4v) is 3.76. The topological polar surface area (TPSA) is 64.6 Å². The van der Waals surface area contributed by atoms with E-state index in [1.165, 1.54) is 0 Å². The minimum Gasteiger partial charge on any atom is -0.497 e. The number of ether oxygens (including phenoxy) is 2. The van der Waals surface area contributed by atoms with Gasteiger partial charge < -0.3 is 14.4 Å². The second-order valence-corrected chi connectivity index (χ2v) is 6.91. The molecule has 0 N–H and O–H groups in total. The molecule has 0 aliphatic carbocycles. The molecule has 6 heteroatoms. The quantitative estimate of drug-likeness (QED) is 0.617. The number of rotatable bonds is 5. The van der Waals surface area contributed by atoms with E-state index in [9.17, 15) is 4.79 Å². The van der Waals surface area contributed by atoms with E-state index in [1.54, 1.807) is 32.6 Å². The van der Waals surface area contributed by atoms with Gasteiger partial charge in [0.25, 0.3) is 0 Å². The van der Waals surface area contributed by atoms with Crippen molar-refractivity contribution in [2.24, 2.45) is 0 Å². The zero-order valence-electron chi connectivity index (χ0n) is 16.5. The molecule has 4 rings (SSSR count). The van der Waals surface area contributed by atoms with Gasteiger partial charge in [0, 0.05) is 18.2 Å². The summed E-state index contributed by atoms with van der Waals surface area (Å²) in [6, 6.07) is 13.3. The Hall–Kier alpha value is -3.41. The third-order valence-corrected chi connectivity index (χ3v) is 5.20. The van der Waals surface area contributed by atoms with Crippen LogP contribution in [0, 0.1) is 0 Å². The van der Waals surface area contributed by atoms with Gasteiger partial charge in [0.15, 0.2) is 0 Å². The molecular formula is C23H23N3O3. The molecule has 1 amide bonds. The van der Waals surface area contributed by atoms with Gasteiger partial charge in [0.1, 0.15) is 11.5 Å². The molecule has 0 saturated carbocycles. The van der Waals surface area contributed by atoms with Crippen LogP contribution in [-0.4, -0.2) is 41.5 Å². The summed E-state index contributed by atoms with van der Waals surface area (Å²) < 4.78 is 10.9. The summed E-state index contributed by atoms with van der Waals surface area (Å²) in [4.78, 5) is 23.8. The van der Waals surface area contributed by atoms with Gasteiger partial charge in [-0.2, -0.15) is 0 Å². The maximum atomic E-state index is 12.9. The third kappa shape index (κ3) is 3.92. The minimum atomic E-state index is -0.0488. The Kier molecular flexibility index (Phi) is 5.42. The molecule has 0 radical (unpaired) electrons. The van der Waals surface area contributed by atoms with Gasteiger partial charge in [-0.1, -0.05) is 12.1 Å². The number of aromatic nitrogens is 2. The van der Waals surface area contributed by atoms with Crippen LogP contribution >= 0.6 is 0 Å². The van der Waals surface area contributed by atoms with Crippen LogP contribution in [-0.2, 0) is 4.79 Å². The predicted molar refractivity (Wildman–Crippen MR) is 112 cm³/mol. The van der Waals surface area contributed by atoms with Crippen molar-refractivity contribution in [3.63, 3.8) is 0 Å². The van der Waals surface area contributed by atoms with Crippen LogP contribution in [0.5, 0.6) is 11.5 Å². The molecule has 0 spiro atoms. The Morgan fingerprint density at radius 3 is 2.76 bits per heavy atom. The van der Waals surface area contributed by atoms with Crippen LogP contribution in [0.1, 0.15) is 30.1 Å². The molecule has 29 heavy (non-hydrogen) atoms. The standard InChI is InChI=1S/C23H23N3O3/c1-28-17-10-11-22(29-2)18(14-17)21-8-5-13-26(21)23(27)12-9-16-15-24-19-6-3-4-7-20(19)25-16/h3-4,6-7,9-12,14-15,21H,5,8,13H2,1-2H3/b12-9+. The zero-order chi connectivity index (χ0) is 20.2. The summed E-state index contributed by atoms with van der Waals surface area (Å²) in [5.41, 5.74) is 3.27. The fraction of sp³-hybridized carbons (Fsp3) is 0.261. The van der Waals surface area contributed by atoms with Crippen LogP contribution in [0.2, 0.25) is 0 Å². The first-order valence-corrected chi connectivity index (χ1v) is 9.62. The van der Waals surface area contributed by atoms with E-state index in [1.807, 2.05) is 47.4 Å². The summed E-state index contributed by atoms with van der Waals surface area (Å²) in [6.07, 6.45) is 6.81. The Balaban J connectivity index is 1.57. The highest BCUT2D eigenvalue weighted by Gasteiger charge is 2.31. The van der Waals surface area contributed by atoms with Crippen LogP contribution in [0.4, 0.5) is 0 Å². The summed E-state index contributed by atoms with van der Waals surface area (Å²) >= 11 is 0. The Bertz CT molecular complexity index is 1060. The van der Waals surface area contributed by atoms with E-state index >= 15 is 0 Å². The number of fused-ring (bicyclic) bond motifs is 1. The molecule has 2 aromatic carbocycles. The monoisotopic (exact) mass is 389 g/mol. The normalized spacial score (nSPS) is 16.5. The minimum absolute atomic E-state index is 0.0418. The summed E-state index contributed by atoms with van der Waals surface area (Å²) in [5, 5.41) is 0. The van der Waals surface area contributed by atoms with Crippen molar-refractivity contribution in [1.82, 2.24) is 14.9 Å². The van der Waals surface area contributed by atoms with Gasteiger partial charge in [-0.05, 0) is 49.2 Å². The molecular weight excluding hydrogens is 366 g/mol. The average Bonchev–Trinajstić information content (AvgIpc) is 3.26. The number of hydrogen-bond acceptors (Lipinski definition) is 5. The smallest absolute Gasteiger partial charge is 0.247 e. The highest BCUT2D eigenvalue weighted by atomic mass is 16.5. The van der Waals surface area contributed by atoms with Crippen LogP contribution in [0.15, 0.2) is 54.7 Å². The maximum absolute atomic E-state index is 12.9. The highest BCUT2D eigenvalue weighted by molar-refractivity contribution is 5.92.